The number of anilines is 2. The lowest BCUT2D eigenvalue weighted by molar-refractivity contribution is -0.124. The highest BCUT2D eigenvalue weighted by Gasteiger charge is 2.28. The van der Waals surface area contributed by atoms with Crippen molar-refractivity contribution in [3.05, 3.63) is 59.7 Å². The van der Waals surface area contributed by atoms with E-state index in [1.807, 2.05) is 44.2 Å². The van der Waals surface area contributed by atoms with Crippen molar-refractivity contribution in [2.75, 3.05) is 22.9 Å². The molecule has 1 saturated carbocycles. The number of benzene rings is 2. The predicted molar refractivity (Wildman–Crippen MR) is 176 cm³/mol. The van der Waals surface area contributed by atoms with Crippen LogP contribution in [-0.4, -0.2) is 72.1 Å². The Morgan fingerprint density at radius 2 is 1.71 bits per heavy atom. The number of rotatable bonds is 13. The third kappa shape index (κ3) is 9.37. The molecule has 0 bridgehead atoms. The second-order valence-electron chi connectivity index (χ2n) is 12.7. The van der Waals surface area contributed by atoms with Crippen molar-refractivity contribution in [3.8, 4) is 0 Å². The lowest BCUT2D eigenvalue weighted by Gasteiger charge is -2.29. The molecule has 0 spiro atoms. The first-order valence-corrected chi connectivity index (χ1v) is 16.4. The minimum absolute atomic E-state index is 0.0254. The molecule has 2 aliphatic rings. The van der Waals surface area contributed by atoms with Crippen LogP contribution in [0.15, 0.2) is 48.5 Å². The molecule has 0 aromatic heterocycles. The van der Waals surface area contributed by atoms with Gasteiger partial charge in [0.15, 0.2) is 0 Å². The Morgan fingerprint density at radius 3 is 2.33 bits per heavy atom. The van der Waals surface area contributed by atoms with Crippen LogP contribution in [0.25, 0.3) is 0 Å². The quantitative estimate of drug-likeness (QED) is 0.271. The van der Waals surface area contributed by atoms with Gasteiger partial charge in [-0.3, -0.25) is 19.2 Å². The van der Waals surface area contributed by atoms with Gasteiger partial charge in [0, 0.05) is 55.5 Å². The first-order chi connectivity index (χ1) is 21.5. The highest BCUT2D eigenvalue weighted by molar-refractivity contribution is 6.02. The van der Waals surface area contributed by atoms with E-state index in [2.05, 4.69) is 16.0 Å². The maximum absolute atomic E-state index is 13.9. The number of nitrogens with one attached hydrogen (secondary N) is 3. The van der Waals surface area contributed by atoms with E-state index in [1.165, 1.54) is 13.3 Å². The molecule has 4 rings (SSSR count). The van der Waals surface area contributed by atoms with E-state index >= 15 is 0 Å². The summed E-state index contributed by atoms with van der Waals surface area (Å²) in [5.74, 6) is -0.729. The van der Waals surface area contributed by atoms with Gasteiger partial charge in [0.25, 0.3) is 5.91 Å². The zero-order chi connectivity index (χ0) is 32.5. The van der Waals surface area contributed by atoms with Crippen LogP contribution in [0.3, 0.4) is 0 Å². The lowest BCUT2D eigenvalue weighted by Crippen LogP contribution is -2.53. The molecule has 0 radical (unpaired) electrons. The molecule has 2 aromatic carbocycles. The Hall–Kier alpha value is -3.76. The van der Waals surface area contributed by atoms with Crippen LogP contribution in [0.2, 0.25) is 0 Å². The maximum Gasteiger partial charge on any atom is 0.251 e. The summed E-state index contributed by atoms with van der Waals surface area (Å²) in [6.07, 6.45) is 5.93. The number of hydrogen-bond donors (Lipinski definition) is 4. The first kappa shape index (κ1) is 34.1. The molecule has 3 atom stereocenters. The predicted octanol–water partition coefficient (Wildman–Crippen LogP) is 3.70. The zero-order valence-electron chi connectivity index (χ0n) is 27.1. The van der Waals surface area contributed by atoms with Crippen LogP contribution in [0, 0.1) is 0 Å². The fourth-order valence-corrected chi connectivity index (χ4v) is 6.29. The van der Waals surface area contributed by atoms with Gasteiger partial charge in [-0.2, -0.15) is 0 Å². The van der Waals surface area contributed by atoms with Gasteiger partial charge in [-0.25, -0.2) is 0 Å². The average molecular weight is 620 g/mol. The standard InChI is InChI=1S/C35H49N5O5/c1-23(2)40(25(4)41)30-20-27(19-29(21-30)39-17-11-16-33(39)43)35(45)38-31(18-26-12-7-5-8-13-26)32(42)22-36-24(3)34(44)37-28-14-9-6-10-15-28/h5,7-8,12-13,19-21,23-24,28,31-32,36,42H,6,9-11,14-18,22H2,1-4H3,(H,37,44)(H,38,45)/t24-,31?,32+/m0/s1. The number of aliphatic hydroxyl groups excluding tert-OH is 1. The monoisotopic (exact) mass is 619 g/mol. The van der Waals surface area contributed by atoms with Crippen molar-refractivity contribution in [1.29, 1.82) is 0 Å². The number of carbonyl (C=O) groups is 4. The Labute approximate surface area is 266 Å². The van der Waals surface area contributed by atoms with Gasteiger partial charge in [-0.1, -0.05) is 49.6 Å². The summed E-state index contributed by atoms with van der Waals surface area (Å²) in [5, 5.41) is 20.6. The van der Waals surface area contributed by atoms with E-state index in [0.717, 1.165) is 37.7 Å². The molecule has 45 heavy (non-hydrogen) atoms. The third-order valence-electron chi connectivity index (χ3n) is 8.74. The molecular weight excluding hydrogens is 570 g/mol. The highest BCUT2D eigenvalue weighted by Crippen LogP contribution is 2.30. The molecule has 244 valence electrons. The maximum atomic E-state index is 13.9. The van der Waals surface area contributed by atoms with Gasteiger partial charge in [-0.05, 0) is 70.2 Å². The normalized spacial score (nSPS) is 17.6. The van der Waals surface area contributed by atoms with Crippen molar-refractivity contribution in [1.82, 2.24) is 16.0 Å². The summed E-state index contributed by atoms with van der Waals surface area (Å²) < 4.78 is 0. The molecule has 2 aromatic rings. The molecule has 1 saturated heterocycles. The van der Waals surface area contributed by atoms with Crippen LogP contribution in [-0.2, 0) is 20.8 Å². The number of carbonyl (C=O) groups excluding carboxylic acids is 4. The molecule has 1 aliphatic heterocycles. The Kier molecular flexibility index (Phi) is 12.1. The smallest absolute Gasteiger partial charge is 0.251 e. The summed E-state index contributed by atoms with van der Waals surface area (Å²) in [4.78, 5) is 55.2. The minimum Gasteiger partial charge on any atom is -0.390 e. The second-order valence-corrected chi connectivity index (χ2v) is 12.7. The summed E-state index contributed by atoms with van der Waals surface area (Å²) in [7, 11) is 0. The van der Waals surface area contributed by atoms with E-state index in [0.29, 0.717) is 30.8 Å². The van der Waals surface area contributed by atoms with E-state index in [4.69, 9.17) is 0 Å². The van der Waals surface area contributed by atoms with Gasteiger partial charge < -0.3 is 30.9 Å². The van der Waals surface area contributed by atoms with Crippen LogP contribution in [0.5, 0.6) is 0 Å². The molecule has 4 N–H and O–H groups in total. The van der Waals surface area contributed by atoms with Crippen LogP contribution < -0.4 is 25.8 Å². The molecule has 4 amide bonds. The van der Waals surface area contributed by atoms with Crippen LogP contribution >= 0.6 is 0 Å². The summed E-state index contributed by atoms with van der Waals surface area (Å²) in [5.41, 5.74) is 2.31. The van der Waals surface area contributed by atoms with E-state index in [-0.39, 0.29) is 41.9 Å². The van der Waals surface area contributed by atoms with Gasteiger partial charge in [0.1, 0.15) is 0 Å². The zero-order valence-corrected chi connectivity index (χ0v) is 27.1. The molecule has 10 nitrogen and oxygen atoms in total. The van der Waals surface area contributed by atoms with Gasteiger partial charge in [0.05, 0.1) is 18.2 Å². The summed E-state index contributed by atoms with van der Waals surface area (Å²) in [6.45, 7) is 7.67. The van der Waals surface area contributed by atoms with Gasteiger partial charge in [-0.15, -0.1) is 0 Å². The van der Waals surface area contributed by atoms with Crippen molar-refractivity contribution in [3.63, 3.8) is 0 Å². The topological polar surface area (TPSA) is 131 Å². The molecule has 2 fully saturated rings. The number of nitrogens with zero attached hydrogens (tertiary/aromatic N) is 2. The summed E-state index contributed by atoms with van der Waals surface area (Å²) in [6, 6.07) is 13.5. The SMILES string of the molecule is CC(=O)N(c1cc(C(=O)NC(Cc2ccccc2)[C@H](O)CN[C@@H](C)C(=O)NC2CCCCC2)cc(N2CCCC2=O)c1)C(C)C. The van der Waals surface area contributed by atoms with Gasteiger partial charge in [0.2, 0.25) is 17.7 Å². The van der Waals surface area contributed by atoms with E-state index < -0.39 is 24.1 Å². The molecule has 1 heterocycles. The average Bonchev–Trinajstić information content (AvgIpc) is 3.45. The fourth-order valence-electron chi connectivity index (χ4n) is 6.29. The molecular formula is C35H49N5O5. The van der Waals surface area contributed by atoms with E-state index in [1.54, 1.807) is 34.9 Å². The number of amides is 4. The summed E-state index contributed by atoms with van der Waals surface area (Å²) >= 11 is 0. The number of aliphatic hydroxyl groups is 1. The molecule has 1 unspecified atom stereocenters. The van der Waals surface area contributed by atoms with Crippen LogP contribution in [0.4, 0.5) is 11.4 Å². The first-order valence-electron chi connectivity index (χ1n) is 16.4. The Balaban J connectivity index is 1.54. The molecule has 1 aliphatic carbocycles. The van der Waals surface area contributed by atoms with Crippen LogP contribution in [0.1, 0.15) is 88.6 Å². The number of hydrogen-bond acceptors (Lipinski definition) is 6. The molecule has 10 heteroatoms. The van der Waals surface area contributed by atoms with Gasteiger partial charge >= 0.3 is 0 Å². The van der Waals surface area contributed by atoms with E-state index in [9.17, 15) is 24.3 Å². The Bertz CT molecular complexity index is 1330. The lowest BCUT2D eigenvalue weighted by atomic mass is 9.95. The fraction of sp³-hybridized carbons (Fsp3) is 0.543. The second kappa shape index (κ2) is 16.0. The van der Waals surface area contributed by atoms with Crippen molar-refractivity contribution in [2.45, 2.75) is 109 Å². The van der Waals surface area contributed by atoms with Crippen molar-refractivity contribution in [2.24, 2.45) is 0 Å². The highest BCUT2D eigenvalue weighted by atomic mass is 16.3. The minimum atomic E-state index is -1.01. The van der Waals surface area contributed by atoms with Crippen molar-refractivity contribution < 1.29 is 24.3 Å². The van der Waals surface area contributed by atoms with Crippen molar-refractivity contribution >= 4 is 35.0 Å². The third-order valence-corrected chi connectivity index (χ3v) is 8.74. The largest absolute Gasteiger partial charge is 0.390 e. The Morgan fingerprint density at radius 1 is 1.00 bits per heavy atom.